The third kappa shape index (κ3) is 6.47. The predicted octanol–water partition coefficient (Wildman–Crippen LogP) is 1.13. The third-order valence-corrected chi connectivity index (χ3v) is 4.54. The lowest BCUT2D eigenvalue weighted by atomic mass is 10.2. The molecule has 0 amide bonds. The van der Waals surface area contributed by atoms with E-state index in [-0.39, 0.29) is 6.61 Å². The summed E-state index contributed by atoms with van der Waals surface area (Å²) in [6.07, 6.45) is -0.501. The molecule has 0 spiro atoms. The summed E-state index contributed by atoms with van der Waals surface area (Å²) in [5.74, 6) is 1.39. The molecule has 142 valence electrons. The fraction of sp³-hybridized carbons (Fsp3) is 0.684. The Morgan fingerprint density at radius 2 is 1.80 bits per heavy atom. The van der Waals surface area contributed by atoms with Crippen LogP contribution in [0.1, 0.15) is 12.5 Å². The van der Waals surface area contributed by atoms with Crippen molar-refractivity contribution >= 4 is 0 Å². The lowest BCUT2D eigenvalue weighted by Gasteiger charge is -2.34. The van der Waals surface area contributed by atoms with Crippen molar-refractivity contribution in [2.45, 2.75) is 19.6 Å². The van der Waals surface area contributed by atoms with E-state index in [4.69, 9.17) is 9.47 Å². The van der Waals surface area contributed by atoms with E-state index in [1.165, 1.54) is 5.56 Å². The van der Waals surface area contributed by atoms with Gasteiger partial charge in [-0.1, -0.05) is 13.0 Å². The van der Waals surface area contributed by atoms with Crippen LogP contribution < -0.4 is 9.47 Å². The number of aliphatic hydroxyl groups is 1. The van der Waals surface area contributed by atoms with Crippen LogP contribution >= 0.6 is 0 Å². The Balaban J connectivity index is 1.81. The number of nitrogens with zero attached hydrogens (tertiary/aromatic N) is 3. The minimum Gasteiger partial charge on any atom is -0.493 e. The van der Waals surface area contributed by atoms with Crippen LogP contribution in [-0.2, 0) is 6.54 Å². The fourth-order valence-electron chi connectivity index (χ4n) is 3.12. The van der Waals surface area contributed by atoms with E-state index in [0.29, 0.717) is 18.0 Å². The number of benzene rings is 1. The van der Waals surface area contributed by atoms with Crippen molar-refractivity contribution in [2.75, 3.05) is 67.1 Å². The maximum atomic E-state index is 10.3. The van der Waals surface area contributed by atoms with Gasteiger partial charge in [0.1, 0.15) is 12.7 Å². The molecule has 6 heteroatoms. The second-order valence-corrected chi connectivity index (χ2v) is 6.92. The van der Waals surface area contributed by atoms with Crippen LogP contribution in [0, 0.1) is 0 Å². The van der Waals surface area contributed by atoms with Gasteiger partial charge in [0, 0.05) is 39.3 Å². The summed E-state index contributed by atoms with van der Waals surface area (Å²) in [4.78, 5) is 6.84. The Morgan fingerprint density at radius 1 is 1.12 bits per heavy atom. The Bertz CT molecular complexity index is 517. The molecule has 2 rings (SSSR count). The van der Waals surface area contributed by atoms with Crippen molar-refractivity contribution in [2.24, 2.45) is 0 Å². The Hall–Kier alpha value is -1.34. The molecular weight excluding hydrogens is 318 g/mol. The Kier molecular flexibility index (Phi) is 7.96. The quantitative estimate of drug-likeness (QED) is 0.720. The SMILES string of the molecule is CCN1CCN(CC(O)COc2ccc(CN(C)C)cc2OC)CC1. The van der Waals surface area contributed by atoms with Crippen molar-refractivity contribution in [3.63, 3.8) is 0 Å². The van der Waals surface area contributed by atoms with E-state index < -0.39 is 6.10 Å². The smallest absolute Gasteiger partial charge is 0.161 e. The van der Waals surface area contributed by atoms with Gasteiger partial charge in [0.05, 0.1) is 7.11 Å². The van der Waals surface area contributed by atoms with Crippen LogP contribution in [0.5, 0.6) is 11.5 Å². The van der Waals surface area contributed by atoms with Gasteiger partial charge in [-0.05, 0) is 38.3 Å². The number of methoxy groups -OCH3 is 1. The first-order valence-corrected chi connectivity index (χ1v) is 9.09. The van der Waals surface area contributed by atoms with Gasteiger partial charge in [0.25, 0.3) is 0 Å². The maximum absolute atomic E-state index is 10.3. The number of aliphatic hydroxyl groups excluding tert-OH is 1. The number of hydrogen-bond acceptors (Lipinski definition) is 6. The zero-order valence-corrected chi connectivity index (χ0v) is 16.1. The van der Waals surface area contributed by atoms with E-state index >= 15 is 0 Å². The monoisotopic (exact) mass is 351 g/mol. The summed E-state index contributed by atoms with van der Waals surface area (Å²) in [7, 11) is 5.71. The highest BCUT2D eigenvalue weighted by Crippen LogP contribution is 2.28. The average molecular weight is 351 g/mol. The molecule has 1 heterocycles. The normalized spacial score (nSPS) is 17.7. The molecule has 0 saturated carbocycles. The van der Waals surface area contributed by atoms with E-state index in [9.17, 15) is 5.11 Å². The molecule has 0 aromatic heterocycles. The summed E-state index contributed by atoms with van der Waals surface area (Å²) in [6.45, 7) is 9.23. The highest BCUT2D eigenvalue weighted by Gasteiger charge is 2.19. The standard InChI is InChI=1S/C19H33N3O3/c1-5-21-8-10-22(11-9-21)14-17(23)15-25-18-7-6-16(13-20(2)3)12-19(18)24-4/h6-7,12,17,23H,5,8-11,13-15H2,1-4H3. The van der Waals surface area contributed by atoms with Gasteiger partial charge in [-0.15, -0.1) is 0 Å². The number of likely N-dealkylation sites (N-methyl/N-ethyl adjacent to an activating group) is 1. The molecule has 1 aromatic rings. The molecule has 1 saturated heterocycles. The van der Waals surface area contributed by atoms with Crippen LogP contribution in [0.25, 0.3) is 0 Å². The summed E-state index contributed by atoms with van der Waals surface area (Å²) in [5, 5.41) is 10.3. The van der Waals surface area contributed by atoms with E-state index in [0.717, 1.165) is 39.3 Å². The Morgan fingerprint density at radius 3 is 2.40 bits per heavy atom. The minimum atomic E-state index is -0.501. The summed E-state index contributed by atoms with van der Waals surface area (Å²) in [6, 6.07) is 5.95. The molecule has 0 aliphatic carbocycles. The molecule has 1 aliphatic heterocycles. The molecule has 1 atom stereocenters. The largest absolute Gasteiger partial charge is 0.493 e. The van der Waals surface area contributed by atoms with Crippen molar-refractivity contribution in [3.05, 3.63) is 23.8 Å². The molecule has 6 nitrogen and oxygen atoms in total. The molecule has 1 fully saturated rings. The first-order chi connectivity index (χ1) is 12.0. The lowest BCUT2D eigenvalue weighted by Crippen LogP contribution is -2.49. The summed E-state index contributed by atoms with van der Waals surface area (Å²) < 4.78 is 11.2. The molecule has 1 aromatic carbocycles. The van der Waals surface area contributed by atoms with Crippen molar-refractivity contribution < 1.29 is 14.6 Å². The maximum Gasteiger partial charge on any atom is 0.161 e. The van der Waals surface area contributed by atoms with Crippen molar-refractivity contribution in [3.8, 4) is 11.5 Å². The molecular formula is C19H33N3O3. The van der Waals surface area contributed by atoms with Gasteiger partial charge in [0.2, 0.25) is 0 Å². The third-order valence-electron chi connectivity index (χ3n) is 4.54. The molecule has 0 radical (unpaired) electrons. The van der Waals surface area contributed by atoms with Crippen LogP contribution in [0.3, 0.4) is 0 Å². The topological polar surface area (TPSA) is 48.4 Å². The molecule has 1 unspecified atom stereocenters. The second-order valence-electron chi connectivity index (χ2n) is 6.92. The van der Waals surface area contributed by atoms with Crippen molar-refractivity contribution in [1.29, 1.82) is 0 Å². The molecule has 25 heavy (non-hydrogen) atoms. The van der Waals surface area contributed by atoms with Crippen LogP contribution in [0.2, 0.25) is 0 Å². The zero-order chi connectivity index (χ0) is 18.2. The van der Waals surface area contributed by atoms with Crippen LogP contribution in [0.15, 0.2) is 18.2 Å². The first kappa shape index (κ1) is 20.0. The van der Waals surface area contributed by atoms with E-state index in [1.54, 1.807) is 7.11 Å². The van der Waals surface area contributed by atoms with Gasteiger partial charge >= 0.3 is 0 Å². The number of hydrogen-bond donors (Lipinski definition) is 1. The van der Waals surface area contributed by atoms with Gasteiger partial charge < -0.3 is 24.4 Å². The Labute approximate surface area is 151 Å². The minimum absolute atomic E-state index is 0.275. The average Bonchev–Trinajstić information content (AvgIpc) is 2.60. The van der Waals surface area contributed by atoms with Gasteiger partial charge in [-0.3, -0.25) is 4.90 Å². The number of ether oxygens (including phenoxy) is 2. The summed E-state index contributed by atoms with van der Waals surface area (Å²) >= 11 is 0. The second kappa shape index (κ2) is 9.97. The van der Waals surface area contributed by atoms with Gasteiger partial charge in [0.15, 0.2) is 11.5 Å². The number of piperazine rings is 1. The van der Waals surface area contributed by atoms with Crippen molar-refractivity contribution in [1.82, 2.24) is 14.7 Å². The molecule has 0 bridgehead atoms. The van der Waals surface area contributed by atoms with E-state index in [2.05, 4.69) is 21.6 Å². The van der Waals surface area contributed by atoms with Crippen LogP contribution in [0.4, 0.5) is 0 Å². The predicted molar refractivity (Wildman–Crippen MR) is 100 cm³/mol. The highest BCUT2D eigenvalue weighted by atomic mass is 16.5. The summed E-state index contributed by atoms with van der Waals surface area (Å²) in [5.41, 5.74) is 1.17. The molecule has 1 aliphatic rings. The lowest BCUT2D eigenvalue weighted by molar-refractivity contribution is 0.0464. The molecule has 1 N–H and O–H groups in total. The first-order valence-electron chi connectivity index (χ1n) is 9.09. The van der Waals surface area contributed by atoms with Gasteiger partial charge in [-0.2, -0.15) is 0 Å². The van der Waals surface area contributed by atoms with E-state index in [1.807, 2.05) is 32.3 Å². The fourth-order valence-corrected chi connectivity index (χ4v) is 3.12. The number of β-amino-alcohol motifs (C(OH)–C–C–N with tert-alkyl or cyclic N) is 1. The van der Waals surface area contributed by atoms with Crippen LogP contribution in [-0.4, -0.2) is 93.0 Å². The zero-order valence-electron chi connectivity index (χ0n) is 16.1. The van der Waals surface area contributed by atoms with Gasteiger partial charge in [-0.25, -0.2) is 0 Å². The number of rotatable bonds is 9. The highest BCUT2D eigenvalue weighted by molar-refractivity contribution is 5.43.